The van der Waals surface area contributed by atoms with Crippen molar-refractivity contribution in [1.82, 2.24) is 0 Å². The number of likely N-dealkylation sites (N-methyl/N-ethyl adjacent to an activating group) is 1. The third-order valence-corrected chi connectivity index (χ3v) is 3.48. The van der Waals surface area contributed by atoms with Crippen LogP contribution in [0.25, 0.3) is 0 Å². The molecule has 1 aromatic carbocycles. The van der Waals surface area contributed by atoms with Crippen molar-refractivity contribution in [3.05, 3.63) is 29.6 Å². The highest BCUT2D eigenvalue weighted by molar-refractivity contribution is 7.80. The second kappa shape index (κ2) is 6.30. The van der Waals surface area contributed by atoms with Crippen LogP contribution >= 0.6 is 12.2 Å². The number of hydrogen-bond acceptors (Lipinski definition) is 3. The first kappa shape index (κ1) is 14.2. The number of nitrogens with zero attached hydrogens (tertiary/aromatic N) is 1. The molecule has 2 rings (SSSR count). The van der Waals surface area contributed by atoms with Gasteiger partial charge in [-0.05, 0) is 37.0 Å². The molecular formula is C14H19FN2OS. The van der Waals surface area contributed by atoms with Gasteiger partial charge in [0.2, 0.25) is 0 Å². The Kier molecular flexibility index (Phi) is 4.71. The van der Waals surface area contributed by atoms with Crippen molar-refractivity contribution < 1.29 is 9.13 Å². The summed E-state index contributed by atoms with van der Waals surface area (Å²) in [5.41, 5.74) is 7.04. The molecule has 5 heteroatoms. The average Bonchev–Trinajstić information content (AvgIpc) is 3.18. The van der Waals surface area contributed by atoms with Crippen LogP contribution in [-0.2, 0) is 4.74 Å². The summed E-state index contributed by atoms with van der Waals surface area (Å²) in [6, 6.07) is 4.49. The van der Waals surface area contributed by atoms with Crippen LogP contribution in [0.4, 0.5) is 10.1 Å². The highest BCUT2D eigenvalue weighted by Crippen LogP contribution is 2.28. The van der Waals surface area contributed by atoms with Gasteiger partial charge in [0.1, 0.15) is 10.8 Å². The van der Waals surface area contributed by atoms with Crippen molar-refractivity contribution in [2.45, 2.75) is 12.8 Å². The number of anilines is 1. The zero-order valence-electron chi connectivity index (χ0n) is 11.1. The van der Waals surface area contributed by atoms with E-state index in [0.29, 0.717) is 12.2 Å². The van der Waals surface area contributed by atoms with Gasteiger partial charge < -0.3 is 15.4 Å². The molecule has 3 nitrogen and oxygen atoms in total. The van der Waals surface area contributed by atoms with E-state index in [2.05, 4.69) is 0 Å². The van der Waals surface area contributed by atoms with Crippen LogP contribution in [-0.4, -0.2) is 31.8 Å². The summed E-state index contributed by atoms with van der Waals surface area (Å²) < 4.78 is 18.8. The van der Waals surface area contributed by atoms with Crippen LogP contribution < -0.4 is 10.6 Å². The van der Waals surface area contributed by atoms with Crippen molar-refractivity contribution >= 4 is 22.9 Å². The molecule has 1 aromatic rings. The number of ether oxygens (including phenoxy) is 1. The summed E-state index contributed by atoms with van der Waals surface area (Å²) in [4.78, 5) is 2.20. The first-order valence-electron chi connectivity index (χ1n) is 6.46. The van der Waals surface area contributed by atoms with E-state index in [1.165, 1.54) is 25.0 Å². The van der Waals surface area contributed by atoms with Crippen LogP contribution in [0, 0.1) is 11.7 Å². The second-order valence-corrected chi connectivity index (χ2v) is 5.41. The van der Waals surface area contributed by atoms with Gasteiger partial charge >= 0.3 is 0 Å². The molecule has 19 heavy (non-hydrogen) atoms. The topological polar surface area (TPSA) is 38.5 Å². The summed E-state index contributed by atoms with van der Waals surface area (Å²) in [5.74, 6) is 0.438. The largest absolute Gasteiger partial charge is 0.389 e. The zero-order chi connectivity index (χ0) is 13.8. The van der Waals surface area contributed by atoms with Gasteiger partial charge in [0, 0.05) is 31.5 Å². The van der Waals surface area contributed by atoms with E-state index in [9.17, 15) is 4.39 Å². The Morgan fingerprint density at radius 2 is 2.26 bits per heavy atom. The molecule has 1 saturated carbocycles. The maximum Gasteiger partial charge on any atom is 0.124 e. The lowest BCUT2D eigenvalue weighted by Gasteiger charge is -2.22. The van der Waals surface area contributed by atoms with E-state index < -0.39 is 0 Å². The molecule has 2 N–H and O–H groups in total. The lowest BCUT2D eigenvalue weighted by Crippen LogP contribution is -2.26. The van der Waals surface area contributed by atoms with Crippen molar-refractivity contribution in [3.8, 4) is 0 Å². The molecule has 1 fully saturated rings. The van der Waals surface area contributed by atoms with Gasteiger partial charge in [-0.25, -0.2) is 4.39 Å². The van der Waals surface area contributed by atoms with Crippen LogP contribution in [0.1, 0.15) is 18.4 Å². The van der Waals surface area contributed by atoms with Gasteiger partial charge in [0.25, 0.3) is 0 Å². The Bertz CT molecular complexity index is 463. The summed E-state index contributed by atoms with van der Waals surface area (Å²) in [5, 5.41) is 0. The van der Waals surface area contributed by atoms with E-state index in [0.717, 1.165) is 24.8 Å². The first-order chi connectivity index (χ1) is 9.08. The minimum Gasteiger partial charge on any atom is -0.389 e. The lowest BCUT2D eigenvalue weighted by atomic mass is 10.1. The van der Waals surface area contributed by atoms with Crippen LogP contribution in [0.3, 0.4) is 0 Å². The Balaban J connectivity index is 1.92. The fourth-order valence-corrected chi connectivity index (χ4v) is 2.06. The van der Waals surface area contributed by atoms with Crippen molar-refractivity contribution in [2.24, 2.45) is 11.7 Å². The summed E-state index contributed by atoms with van der Waals surface area (Å²) >= 11 is 4.96. The molecule has 0 radical (unpaired) electrons. The van der Waals surface area contributed by atoms with Gasteiger partial charge in [-0.2, -0.15) is 0 Å². The molecule has 0 spiro atoms. The van der Waals surface area contributed by atoms with Gasteiger partial charge in [0.05, 0.1) is 6.61 Å². The monoisotopic (exact) mass is 282 g/mol. The highest BCUT2D eigenvalue weighted by atomic mass is 32.1. The molecule has 1 aliphatic carbocycles. The fraction of sp³-hybridized carbons (Fsp3) is 0.500. The normalized spacial score (nSPS) is 14.4. The van der Waals surface area contributed by atoms with E-state index in [1.54, 1.807) is 6.07 Å². The molecule has 1 aliphatic rings. The number of hydrogen-bond donors (Lipinski definition) is 1. The van der Waals surface area contributed by atoms with Crippen molar-refractivity contribution in [1.29, 1.82) is 0 Å². The molecule has 0 bridgehead atoms. The molecular weight excluding hydrogens is 263 g/mol. The minimum absolute atomic E-state index is 0.209. The van der Waals surface area contributed by atoms with E-state index in [4.69, 9.17) is 22.7 Å². The summed E-state index contributed by atoms with van der Waals surface area (Å²) in [6.45, 7) is 2.23. The Morgan fingerprint density at radius 1 is 1.53 bits per heavy atom. The Hall–Kier alpha value is -1.20. The Morgan fingerprint density at radius 3 is 2.89 bits per heavy atom. The van der Waals surface area contributed by atoms with Gasteiger partial charge in [0.15, 0.2) is 0 Å². The molecule has 0 aliphatic heterocycles. The SMILES string of the molecule is CN(CCOCC1CC1)c1ccc(F)cc1C(N)=S. The predicted octanol–water partition coefficient (Wildman–Crippen LogP) is 2.32. The standard InChI is InChI=1S/C14H19FN2OS/c1-17(6-7-18-9-10-2-3-10)13-5-4-11(15)8-12(13)14(16)19/h4-5,8,10H,2-3,6-7,9H2,1H3,(H2,16,19). The second-order valence-electron chi connectivity index (χ2n) is 4.97. The van der Waals surface area contributed by atoms with E-state index >= 15 is 0 Å². The third kappa shape index (κ3) is 4.14. The maximum atomic E-state index is 13.2. The highest BCUT2D eigenvalue weighted by Gasteiger charge is 2.21. The van der Waals surface area contributed by atoms with Crippen molar-refractivity contribution in [3.63, 3.8) is 0 Å². The summed E-state index contributed by atoms with van der Waals surface area (Å²) in [7, 11) is 1.93. The average molecular weight is 282 g/mol. The molecule has 0 heterocycles. The van der Waals surface area contributed by atoms with E-state index in [1.807, 2.05) is 11.9 Å². The van der Waals surface area contributed by atoms with Crippen LogP contribution in [0.2, 0.25) is 0 Å². The lowest BCUT2D eigenvalue weighted by molar-refractivity contribution is 0.131. The minimum atomic E-state index is -0.329. The van der Waals surface area contributed by atoms with Crippen LogP contribution in [0.15, 0.2) is 18.2 Å². The molecule has 0 unspecified atom stereocenters. The smallest absolute Gasteiger partial charge is 0.124 e. The number of nitrogens with two attached hydrogens (primary N) is 1. The maximum absolute atomic E-state index is 13.2. The molecule has 0 atom stereocenters. The predicted molar refractivity (Wildman–Crippen MR) is 79.1 cm³/mol. The number of benzene rings is 1. The van der Waals surface area contributed by atoms with Crippen LogP contribution in [0.5, 0.6) is 0 Å². The first-order valence-corrected chi connectivity index (χ1v) is 6.87. The third-order valence-electron chi connectivity index (χ3n) is 3.26. The molecule has 104 valence electrons. The number of halogens is 1. The molecule has 0 amide bonds. The van der Waals surface area contributed by atoms with Gasteiger partial charge in [-0.15, -0.1) is 0 Å². The number of thiocarbonyl (C=S) groups is 1. The molecule has 0 saturated heterocycles. The Labute approximate surface area is 118 Å². The molecule has 0 aromatic heterocycles. The number of rotatable bonds is 7. The fourth-order valence-electron chi connectivity index (χ4n) is 1.89. The van der Waals surface area contributed by atoms with Crippen molar-refractivity contribution in [2.75, 3.05) is 31.7 Å². The van der Waals surface area contributed by atoms with E-state index in [-0.39, 0.29) is 10.8 Å². The summed E-state index contributed by atoms with van der Waals surface area (Å²) in [6.07, 6.45) is 2.58. The van der Waals surface area contributed by atoms with Gasteiger partial charge in [-0.3, -0.25) is 0 Å². The zero-order valence-corrected chi connectivity index (χ0v) is 11.9. The van der Waals surface area contributed by atoms with Gasteiger partial charge in [-0.1, -0.05) is 12.2 Å². The quantitative estimate of drug-likeness (QED) is 0.615.